The molecule has 25 heavy (non-hydrogen) atoms. The Morgan fingerprint density at radius 1 is 0.880 bits per heavy atom. The van der Waals surface area contributed by atoms with Gasteiger partial charge in [0.15, 0.2) is 11.5 Å². The van der Waals surface area contributed by atoms with Gasteiger partial charge in [0.2, 0.25) is 0 Å². The van der Waals surface area contributed by atoms with Crippen molar-refractivity contribution < 1.29 is 14.3 Å². The molecule has 134 valence electrons. The fourth-order valence-electron chi connectivity index (χ4n) is 2.96. The normalized spacial score (nSPS) is 13.8. The SMILES string of the molecule is COc1ccc(C(=O)N2CCN(c3ccccc3)CC2)cc1OC.Cl. The first-order valence-corrected chi connectivity index (χ1v) is 8.04. The molecule has 0 unspecified atom stereocenters. The quantitative estimate of drug-likeness (QED) is 0.838. The van der Waals surface area contributed by atoms with Crippen molar-refractivity contribution in [2.24, 2.45) is 0 Å². The molecule has 0 radical (unpaired) electrons. The van der Waals surface area contributed by atoms with Crippen molar-refractivity contribution in [3.63, 3.8) is 0 Å². The van der Waals surface area contributed by atoms with Crippen LogP contribution in [0.25, 0.3) is 0 Å². The number of amides is 1. The zero-order chi connectivity index (χ0) is 16.9. The highest BCUT2D eigenvalue weighted by molar-refractivity contribution is 5.95. The van der Waals surface area contributed by atoms with Crippen molar-refractivity contribution in [1.82, 2.24) is 4.90 Å². The molecule has 2 aromatic carbocycles. The highest BCUT2D eigenvalue weighted by atomic mass is 35.5. The van der Waals surface area contributed by atoms with E-state index in [-0.39, 0.29) is 18.3 Å². The summed E-state index contributed by atoms with van der Waals surface area (Å²) < 4.78 is 10.5. The Balaban J connectivity index is 0.00000225. The Hall–Kier alpha value is -2.40. The van der Waals surface area contributed by atoms with Crippen LogP contribution >= 0.6 is 12.4 Å². The molecule has 1 saturated heterocycles. The molecule has 3 rings (SSSR count). The van der Waals surface area contributed by atoms with Crippen LogP contribution in [0.2, 0.25) is 0 Å². The van der Waals surface area contributed by atoms with Gasteiger partial charge in [0.1, 0.15) is 0 Å². The third-order valence-corrected chi connectivity index (χ3v) is 4.32. The van der Waals surface area contributed by atoms with Gasteiger partial charge in [0.25, 0.3) is 5.91 Å². The van der Waals surface area contributed by atoms with Crippen LogP contribution in [0.5, 0.6) is 11.5 Å². The number of carbonyl (C=O) groups excluding carboxylic acids is 1. The van der Waals surface area contributed by atoms with E-state index < -0.39 is 0 Å². The van der Waals surface area contributed by atoms with Gasteiger partial charge in [0.05, 0.1) is 14.2 Å². The minimum absolute atomic E-state index is 0. The number of rotatable bonds is 4. The number of halogens is 1. The fraction of sp³-hybridized carbons (Fsp3) is 0.316. The molecule has 0 saturated carbocycles. The third-order valence-electron chi connectivity index (χ3n) is 4.32. The Labute approximate surface area is 154 Å². The van der Waals surface area contributed by atoms with Crippen molar-refractivity contribution in [2.45, 2.75) is 0 Å². The largest absolute Gasteiger partial charge is 0.493 e. The predicted octanol–water partition coefficient (Wildman–Crippen LogP) is 3.09. The summed E-state index contributed by atoms with van der Waals surface area (Å²) in [5.41, 5.74) is 1.83. The van der Waals surface area contributed by atoms with E-state index in [1.165, 1.54) is 5.69 Å². The summed E-state index contributed by atoms with van der Waals surface area (Å²) in [6.07, 6.45) is 0. The van der Waals surface area contributed by atoms with Crippen molar-refractivity contribution in [3.05, 3.63) is 54.1 Å². The number of hydrogen-bond donors (Lipinski definition) is 0. The van der Waals surface area contributed by atoms with E-state index in [1.54, 1.807) is 32.4 Å². The molecule has 1 fully saturated rings. The van der Waals surface area contributed by atoms with Crippen molar-refractivity contribution >= 4 is 24.0 Å². The molecule has 1 aliphatic heterocycles. The van der Waals surface area contributed by atoms with E-state index in [9.17, 15) is 4.79 Å². The molecular formula is C19H23ClN2O3. The Morgan fingerprint density at radius 3 is 2.12 bits per heavy atom. The number of ether oxygens (including phenoxy) is 2. The summed E-state index contributed by atoms with van der Waals surface area (Å²) in [5, 5.41) is 0. The monoisotopic (exact) mass is 362 g/mol. The second-order valence-electron chi connectivity index (χ2n) is 5.68. The average molecular weight is 363 g/mol. The van der Waals surface area contributed by atoms with Gasteiger partial charge in [-0.15, -0.1) is 12.4 Å². The van der Waals surface area contributed by atoms with Crippen LogP contribution < -0.4 is 14.4 Å². The van der Waals surface area contributed by atoms with Gasteiger partial charge in [-0.1, -0.05) is 18.2 Å². The zero-order valence-corrected chi connectivity index (χ0v) is 15.3. The van der Waals surface area contributed by atoms with E-state index in [0.29, 0.717) is 30.2 Å². The Kier molecular flexibility index (Phi) is 6.53. The number of piperazine rings is 1. The maximum absolute atomic E-state index is 12.7. The molecule has 5 nitrogen and oxygen atoms in total. The fourth-order valence-corrected chi connectivity index (χ4v) is 2.96. The van der Waals surface area contributed by atoms with Gasteiger partial charge < -0.3 is 19.3 Å². The molecule has 2 aromatic rings. The molecule has 1 aliphatic rings. The van der Waals surface area contributed by atoms with Crippen molar-refractivity contribution in [1.29, 1.82) is 0 Å². The lowest BCUT2D eigenvalue weighted by Gasteiger charge is -2.36. The highest BCUT2D eigenvalue weighted by Crippen LogP contribution is 2.28. The van der Waals surface area contributed by atoms with E-state index in [0.717, 1.165) is 13.1 Å². The van der Waals surface area contributed by atoms with Gasteiger partial charge in [0, 0.05) is 37.4 Å². The number of methoxy groups -OCH3 is 2. The van der Waals surface area contributed by atoms with E-state index in [4.69, 9.17) is 9.47 Å². The predicted molar refractivity (Wildman–Crippen MR) is 101 cm³/mol. The molecule has 1 amide bonds. The second kappa shape index (κ2) is 8.62. The highest BCUT2D eigenvalue weighted by Gasteiger charge is 2.23. The number of benzene rings is 2. The first-order valence-electron chi connectivity index (χ1n) is 8.04. The van der Waals surface area contributed by atoms with E-state index >= 15 is 0 Å². The number of hydrogen-bond acceptors (Lipinski definition) is 4. The minimum Gasteiger partial charge on any atom is -0.493 e. The number of carbonyl (C=O) groups is 1. The Bertz CT molecular complexity index is 701. The second-order valence-corrected chi connectivity index (χ2v) is 5.68. The first-order chi connectivity index (χ1) is 11.7. The number of nitrogens with zero attached hydrogens (tertiary/aromatic N) is 2. The number of para-hydroxylation sites is 1. The molecule has 6 heteroatoms. The minimum atomic E-state index is 0. The first kappa shape index (κ1) is 18.9. The van der Waals surface area contributed by atoms with Gasteiger partial charge in [-0.3, -0.25) is 4.79 Å². The summed E-state index contributed by atoms with van der Waals surface area (Å²) in [6, 6.07) is 15.6. The maximum atomic E-state index is 12.7. The summed E-state index contributed by atoms with van der Waals surface area (Å²) in [7, 11) is 3.16. The van der Waals surface area contributed by atoms with E-state index in [2.05, 4.69) is 17.0 Å². The topological polar surface area (TPSA) is 42.0 Å². The van der Waals surface area contributed by atoms with Crippen LogP contribution in [-0.4, -0.2) is 51.2 Å². The lowest BCUT2D eigenvalue weighted by molar-refractivity contribution is 0.0746. The standard InChI is InChI=1S/C19H22N2O3.ClH/c1-23-17-9-8-15(14-18(17)24-2)19(22)21-12-10-20(11-13-21)16-6-4-3-5-7-16;/h3-9,14H,10-13H2,1-2H3;1H. The molecule has 0 aromatic heterocycles. The summed E-state index contributed by atoms with van der Waals surface area (Å²) in [5.74, 6) is 1.23. The number of anilines is 1. The van der Waals surface area contributed by atoms with Crippen LogP contribution in [0, 0.1) is 0 Å². The van der Waals surface area contributed by atoms with Gasteiger partial charge in [-0.25, -0.2) is 0 Å². The third kappa shape index (κ3) is 4.17. The smallest absolute Gasteiger partial charge is 0.254 e. The summed E-state index contributed by atoms with van der Waals surface area (Å²) in [6.45, 7) is 3.09. The van der Waals surface area contributed by atoms with Crippen molar-refractivity contribution in [2.75, 3.05) is 45.3 Å². The van der Waals surface area contributed by atoms with Gasteiger partial charge >= 0.3 is 0 Å². The van der Waals surface area contributed by atoms with E-state index in [1.807, 2.05) is 23.1 Å². The lowest BCUT2D eigenvalue weighted by Crippen LogP contribution is -2.48. The molecule has 0 bridgehead atoms. The molecule has 0 atom stereocenters. The van der Waals surface area contributed by atoms with Crippen LogP contribution in [0.4, 0.5) is 5.69 Å². The molecule has 1 heterocycles. The maximum Gasteiger partial charge on any atom is 0.254 e. The lowest BCUT2D eigenvalue weighted by atomic mass is 10.1. The van der Waals surface area contributed by atoms with Crippen LogP contribution in [-0.2, 0) is 0 Å². The average Bonchev–Trinajstić information content (AvgIpc) is 2.67. The molecule has 0 aliphatic carbocycles. The van der Waals surface area contributed by atoms with Gasteiger partial charge in [-0.2, -0.15) is 0 Å². The molecular weight excluding hydrogens is 340 g/mol. The summed E-state index contributed by atoms with van der Waals surface area (Å²) in [4.78, 5) is 16.9. The van der Waals surface area contributed by atoms with Crippen LogP contribution in [0.1, 0.15) is 10.4 Å². The van der Waals surface area contributed by atoms with Gasteiger partial charge in [-0.05, 0) is 30.3 Å². The van der Waals surface area contributed by atoms with Crippen LogP contribution in [0.3, 0.4) is 0 Å². The molecule has 0 N–H and O–H groups in total. The zero-order valence-electron chi connectivity index (χ0n) is 14.5. The van der Waals surface area contributed by atoms with Crippen LogP contribution in [0.15, 0.2) is 48.5 Å². The molecule has 0 spiro atoms. The summed E-state index contributed by atoms with van der Waals surface area (Å²) >= 11 is 0. The van der Waals surface area contributed by atoms with Crippen molar-refractivity contribution in [3.8, 4) is 11.5 Å². The Morgan fingerprint density at radius 2 is 1.52 bits per heavy atom.